The molecule has 8 heteroatoms. The molecule has 2 heterocycles. The summed E-state index contributed by atoms with van der Waals surface area (Å²) in [7, 11) is 1.69. The molecule has 0 unspecified atom stereocenters. The fourth-order valence-corrected chi connectivity index (χ4v) is 5.32. The number of nitrogens with zero attached hydrogens (tertiary/aromatic N) is 3. The molecule has 4 rings (SSSR count). The molecular formula is C23H28N4O2S2. The van der Waals surface area contributed by atoms with Gasteiger partial charge in [0.15, 0.2) is 5.13 Å². The maximum atomic E-state index is 12.4. The monoisotopic (exact) mass is 456 g/mol. The van der Waals surface area contributed by atoms with Gasteiger partial charge in [0.25, 0.3) is 5.91 Å². The molecule has 1 N–H and O–H groups in total. The number of hydrogen-bond donors (Lipinski definition) is 1. The van der Waals surface area contributed by atoms with Crippen LogP contribution in [0, 0.1) is 0 Å². The number of thioether (sulfide) groups is 1. The highest BCUT2D eigenvalue weighted by Gasteiger charge is 2.20. The third-order valence-electron chi connectivity index (χ3n) is 5.37. The lowest BCUT2D eigenvalue weighted by molar-refractivity contribution is 0.0947. The molecule has 0 aliphatic carbocycles. The van der Waals surface area contributed by atoms with Crippen LogP contribution in [0.2, 0.25) is 0 Å². The Morgan fingerprint density at radius 1 is 1.16 bits per heavy atom. The second-order valence-electron chi connectivity index (χ2n) is 7.37. The van der Waals surface area contributed by atoms with Crippen molar-refractivity contribution >= 4 is 44.4 Å². The van der Waals surface area contributed by atoms with E-state index in [1.54, 1.807) is 30.2 Å². The van der Waals surface area contributed by atoms with E-state index in [2.05, 4.69) is 22.0 Å². The number of aromatic nitrogens is 1. The molecule has 164 valence electrons. The van der Waals surface area contributed by atoms with E-state index in [0.29, 0.717) is 6.54 Å². The van der Waals surface area contributed by atoms with Crippen LogP contribution in [-0.4, -0.2) is 67.9 Å². The first-order valence-electron chi connectivity index (χ1n) is 10.6. The van der Waals surface area contributed by atoms with Crippen molar-refractivity contribution in [2.24, 2.45) is 0 Å². The minimum atomic E-state index is -0.00316. The fourth-order valence-electron chi connectivity index (χ4n) is 3.62. The number of piperazine rings is 1. The van der Waals surface area contributed by atoms with Gasteiger partial charge >= 0.3 is 0 Å². The number of nitrogens with one attached hydrogen (secondary N) is 1. The molecule has 0 bridgehead atoms. The van der Waals surface area contributed by atoms with Crippen molar-refractivity contribution in [3.05, 3.63) is 48.0 Å². The van der Waals surface area contributed by atoms with Gasteiger partial charge in [0.1, 0.15) is 5.75 Å². The third kappa shape index (κ3) is 5.50. The summed E-state index contributed by atoms with van der Waals surface area (Å²) >= 11 is 3.50. The quantitative estimate of drug-likeness (QED) is 0.518. The zero-order valence-corrected chi connectivity index (χ0v) is 19.6. The Balaban J connectivity index is 1.22. The molecule has 3 aromatic rings. The van der Waals surface area contributed by atoms with Crippen molar-refractivity contribution in [1.82, 2.24) is 15.2 Å². The van der Waals surface area contributed by atoms with Crippen LogP contribution in [-0.2, 0) is 0 Å². The Bertz CT molecular complexity index is 1010. The van der Waals surface area contributed by atoms with Crippen LogP contribution < -0.4 is 15.0 Å². The van der Waals surface area contributed by atoms with Crippen molar-refractivity contribution in [2.45, 2.75) is 11.8 Å². The fraction of sp³-hybridized carbons (Fsp3) is 0.391. The number of carbonyl (C=O) groups is 1. The highest BCUT2D eigenvalue weighted by Crippen LogP contribution is 2.31. The van der Waals surface area contributed by atoms with Gasteiger partial charge in [-0.25, -0.2) is 4.98 Å². The van der Waals surface area contributed by atoms with Gasteiger partial charge in [-0.2, -0.15) is 0 Å². The van der Waals surface area contributed by atoms with Crippen molar-refractivity contribution < 1.29 is 9.53 Å². The van der Waals surface area contributed by atoms with E-state index in [1.165, 1.54) is 4.90 Å². The Labute approximate surface area is 191 Å². The summed E-state index contributed by atoms with van der Waals surface area (Å²) in [5.74, 6) is 1.90. The minimum Gasteiger partial charge on any atom is -0.497 e. The smallest absolute Gasteiger partial charge is 0.251 e. The van der Waals surface area contributed by atoms with E-state index in [0.717, 1.165) is 65.1 Å². The van der Waals surface area contributed by atoms with Gasteiger partial charge < -0.3 is 15.0 Å². The first-order valence-corrected chi connectivity index (χ1v) is 12.4. The lowest BCUT2D eigenvalue weighted by atomic mass is 10.2. The Hall–Kier alpha value is -2.29. The van der Waals surface area contributed by atoms with Crippen LogP contribution >= 0.6 is 23.1 Å². The minimum absolute atomic E-state index is 0.00316. The number of methoxy groups -OCH3 is 1. The SMILES string of the molecule is CCSc1ccc(C(=O)NCCN2CCN(c3nc4ccc(OC)cc4s3)CC2)cc1. The first-order chi connectivity index (χ1) is 15.2. The number of rotatable bonds is 8. The topological polar surface area (TPSA) is 57.7 Å². The van der Waals surface area contributed by atoms with Gasteiger partial charge in [-0.15, -0.1) is 11.8 Å². The molecule has 0 radical (unpaired) electrons. The summed E-state index contributed by atoms with van der Waals surface area (Å²) < 4.78 is 6.47. The molecule has 1 fully saturated rings. The molecule has 1 amide bonds. The highest BCUT2D eigenvalue weighted by molar-refractivity contribution is 7.99. The summed E-state index contributed by atoms with van der Waals surface area (Å²) in [4.78, 5) is 23.1. The maximum absolute atomic E-state index is 12.4. The standard InChI is InChI=1S/C23H28N4O2S2/c1-3-30-19-7-4-17(5-8-19)22(28)24-10-11-26-12-14-27(15-13-26)23-25-20-9-6-18(29-2)16-21(20)31-23/h4-9,16H,3,10-15H2,1-2H3,(H,24,28). The van der Waals surface area contributed by atoms with Crippen LogP contribution in [0.3, 0.4) is 0 Å². The molecule has 0 saturated carbocycles. The Morgan fingerprint density at radius 3 is 2.65 bits per heavy atom. The molecule has 31 heavy (non-hydrogen) atoms. The summed E-state index contributed by atoms with van der Waals surface area (Å²) in [5.41, 5.74) is 1.74. The van der Waals surface area contributed by atoms with E-state index < -0.39 is 0 Å². The van der Waals surface area contributed by atoms with Crippen LogP contribution in [0.4, 0.5) is 5.13 Å². The zero-order valence-electron chi connectivity index (χ0n) is 18.0. The average molecular weight is 457 g/mol. The number of amides is 1. The number of thiazole rings is 1. The molecule has 0 spiro atoms. The predicted molar refractivity (Wildman–Crippen MR) is 130 cm³/mol. The average Bonchev–Trinajstić information content (AvgIpc) is 3.23. The van der Waals surface area contributed by atoms with E-state index in [-0.39, 0.29) is 5.91 Å². The lowest BCUT2D eigenvalue weighted by Gasteiger charge is -2.34. The third-order valence-corrected chi connectivity index (χ3v) is 7.34. The van der Waals surface area contributed by atoms with Crippen LogP contribution in [0.5, 0.6) is 5.75 Å². The Kier molecular flexibility index (Phi) is 7.32. The van der Waals surface area contributed by atoms with E-state index >= 15 is 0 Å². The largest absolute Gasteiger partial charge is 0.497 e. The van der Waals surface area contributed by atoms with Gasteiger partial charge in [-0.3, -0.25) is 9.69 Å². The van der Waals surface area contributed by atoms with E-state index in [1.807, 2.05) is 42.5 Å². The van der Waals surface area contributed by atoms with Gasteiger partial charge in [0, 0.05) is 49.7 Å². The number of carbonyl (C=O) groups excluding carboxylic acids is 1. The molecule has 1 saturated heterocycles. The van der Waals surface area contributed by atoms with Crippen LogP contribution in [0.15, 0.2) is 47.4 Å². The normalized spacial score (nSPS) is 14.7. The summed E-state index contributed by atoms with van der Waals surface area (Å²) in [6, 6.07) is 13.9. The molecule has 6 nitrogen and oxygen atoms in total. The lowest BCUT2D eigenvalue weighted by Crippen LogP contribution is -2.48. The molecular weight excluding hydrogens is 428 g/mol. The number of fused-ring (bicyclic) bond motifs is 1. The van der Waals surface area contributed by atoms with Crippen molar-refractivity contribution in [3.63, 3.8) is 0 Å². The summed E-state index contributed by atoms with van der Waals surface area (Å²) in [6.45, 7) is 7.48. The summed E-state index contributed by atoms with van der Waals surface area (Å²) in [6.07, 6.45) is 0. The molecule has 2 aromatic carbocycles. The second kappa shape index (κ2) is 10.3. The maximum Gasteiger partial charge on any atom is 0.251 e. The molecule has 1 aromatic heterocycles. The predicted octanol–water partition coefficient (Wildman–Crippen LogP) is 3.97. The molecule has 0 atom stereocenters. The zero-order chi connectivity index (χ0) is 21.6. The van der Waals surface area contributed by atoms with Crippen molar-refractivity contribution in [2.75, 3.05) is 57.0 Å². The first kappa shape index (κ1) is 21.9. The van der Waals surface area contributed by atoms with Crippen molar-refractivity contribution in [3.8, 4) is 5.75 Å². The highest BCUT2D eigenvalue weighted by atomic mass is 32.2. The van der Waals surface area contributed by atoms with Crippen molar-refractivity contribution in [1.29, 1.82) is 0 Å². The number of ether oxygens (including phenoxy) is 1. The molecule has 1 aliphatic rings. The van der Waals surface area contributed by atoms with Crippen LogP contribution in [0.1, 0.15) is 17.3 Å². The van der Waals surface area contributed by atoms with Gasteiger partial charge in [-0.05, 0) is 48.2 Å². The summed E-state index contributed by atoms with van der Waals surface area (Å²) in [5, 5.41) is 4.12. The molecule has 1 aliphatic heterocycles. The number of benzene rings is 2. The van der Waals surface area contributed by atoms with Gasteiger partial charge in [0.05, 0.1) is 17.3 Å². The van der Waals surface area contributed by atoms with Gasteiger partial charge in [0.2, 0.25) is 0 Å². The number of hydrogen-bond acceptors (Lipinski definition) is 7. The number of anilines is 1. The van der Waals surface area contributed by atoms with E-state index in [9.17, 15) is 4.79 Å². The van der Waals surface area contributed by atoms with E-state index in [4.69, 9.17) is 9.72 Å². The van der Waals surface area contributed by atoms with Crippen LogP contribution in [0.25, 0.3) is 10.2 Å². The van der Waals surface area contributed by atoms with Gasteiger partial charge in [-0.1, -0.05) is 18.3 Å². The Morgan fingerprint density at radius 2 is 1.94 bits per heavy atom. The second-order valence-corrected chi connectivity index (χ2v) is 9.72.